The van der Waals surface area contributed by atoms with E-state index in [-0.39, 0.29) is 6.42 Å². The second-order valence-electron chi connectivity index (χ2n) is 3.43. The van der Waals surface area contributed by atoms with E-state index in [2.05, 4.69) is 0 Å². The van der Waals surface area contributed by atoms with Gasteiger partial charge in [0.25, 0.3) is 0 Å². The van der Waals surface area contributed by atoms with Crippen molar-refractivity contribution >= 4 is 5.97 Å². The second-order valence-corrected chi connectivity index (χ2v) is 3.43. The van der Waals surface area contributed by atoms with Crippen LogP contribution in [-0.4, -0.2) is 17.7 Å². The molecule has 3 nitrogen and oxygen atoms in total. The lowest BCUT2D eigenvalue weighted by molar-refractivity contribution is -0.136. The first-order valence-corrected chi connectivity index (χ1v) is 4.66. The third-order valence-electron chi connectivity index (χ3n) is 2.47. The molecule has 0 spiro atoms. The van der Waals surface area contributed by atoms with Crippen molar-refractivity contribution in [3.8, 4) is 0 Å². The van der Waals surface area contributed by atoms with Gasteiger partial charge in [0, 0.05) is 0 Å². The highest BCUT2D eigenvalue weighted by atomic mass is 16.5. The number of carbonyl (C=O) groups is 1. The molecule has 0 unspecified atom stereocenters. The van der Waals surface area contributed by atoms with Crippen LogP contribution in [0.3, 0.4) is 0 Å². The number of ether oxygens (including phenoxy) is 1. The van der Waals surface area contributed by atoms with Gasteiger partial charge < -0.3 is 9.84 Å². The molecule has 1 heterocycles. The van der Waals surface area contributed by atoms with Crippen LogP contribution in [0.5, 0.6) is 0 Å². The van der Waals surface area contributed by atoms with Gasteiger partial charge in [0.05, 0.1) is 19.6 Å². The molecule has 3 heteroatoms. The standard InChI is InChI=1S/C11H12O3/c12-11(13)6-8-2-1-3-9-7-14-5-4-10(8)9/h1-3H,4-7H2,(H,12,13). The Kier molecular flexibility index (Phi) is 2.50. The largest absolute Gasteiger partial charge is 0.481 e. The van der Waals surface area contributed by atoms with Gasteiger partial charge in [-0.15, -0.1) is 0 Å². The Morgan fingerprint density at radius 2 is 2.36 bits per heavy atom. The predicted molar refractivity (Wildman–Crippen MR) is 51.1 cm³/mol. The van der Waals surface area contributed by atoms with Crippen LogP contribution in [0.2, 0.25) is 0 Å². The van der Waals surface area contributed by atoms with Crippen LogP contribution in [0.15, 0.2) is 18.2 Å². The number of hydrogen-bond acceptors (Lipinski definition) is 2. The zero-order valence-corrected chi connectivity index (χ0v) is 7.82. The summed E-state index contributed by atoms with van der Waals surface area (Å²) in [6.45, 7) is 1.31. The molecule has 1 aromatic rings. The van der Waals surface area contributed by atoms with Crippen molar-refractivity contribution in [2.75, 3.05) is 6.61 Å². The Bertz CT molecular complexity index is 358. The summed E-state index contributed by atoms with van der Waals surface area (Å²) in [4.78, 5) is 10.6. The van der Waals surface area contributed by atoms with E-state index in [1.54, 1.807) is 0 Å². The van der Waals surface area contributed by atoms with E-state index in [4.69, 9.17) is 9.84 Å². The molecule has 0 fully saturated rings. The summed E-state index contributed by atoms with van der Waals surface area (Å²) >= 11 is 0. The van der Waals surface area contributed by atoms with Gasteiger partial charge in [-0.25, -0.2) is 0 Å². The molecule has 14 heavy (non-hydrogen) atoms. The fourth-order valence-corrected chi connectivity index (χ4v) is 1.83. The van der Waals surface area contributed by atoms with Gasteiger partial charge in [0.15, 0.2) is 0 Å². The van der Waals surface area contributed by atoms with Crippen LogP contribution in [0.25, 0.3) is 0 Å². The van der Waals surface area contributed by atoms with Crippen molar-refractivity contribution in [2.45, 2.75) is 19.4 Å². The topological polar surface area (TPSA) is 46.5 Å². The molecule has 0 bridgehead atoms. The molecule has 1 aliphatic rings. The summed E-state index contributed by atoms with van der Waals surface area (Å²) in [5, 5.41) is 8.74. The van der Waals surface area contributed by atoms with E-state index >= 15 is 0 Å². The Morgan fingerprint density at radius 1 is 1.50 bits per heavy atom. The van der Waals surface area contributed by atoms with Gasteiger partial charge >= 0.3 is 5.97 Å². The summed E-state index contributed by atoms with van der Waals surface area (Å²) in [5.41, 5.74) is 3.23. The Morgan fingerprint density at radius 3 is 3.14 bits per heavy atom. The number of aliphatic carboxylic acids is 1. The van der Waals surface area contributed by atoms with E-state index in [1.165, 1.54) is 5.56 Å². The van der Waals surface area contributed by atoms with Crippen LogP contribution in [0.1, 0.15) is 16.7 Å². The molecule has 1 aromatic carbocycles. The van der Waals surface area contributed by atoms with Crippen molar-refractivity contribution in [3.63, 3.8) is 0 Å². The maximum absolute atomic E-state index is 10.6. The molecule has 1 aliphatic heterocycles. The van der Waals surface area contributed by atoms with Crippen molar-refractivity contribution < 1.29 is 14.6 Å². The molecule has 0 saturated heterocycles. The van der Waals surface area contributed by atoms with Crippen LogP contribution >= 0.6 is 0 Å². The van der Waals surface area contributed by atoms with Gasteiger partial charge in [-0.2, -0.15) is 0 Å². The molecule has 0 saturated carbocycles. The number of rotatable bonds is 2. The van der Waals surface area contributed by atoms with Crippen molar-refractivity contribution in [2.24, 2.45) is 0 Å². The van der Waals surface area contributed by atoms with Gasteiger partial charge in [0.2, 0.25) is 0 Å². The van der Waals surface area contributed by atoms with Gasteiger partial charge in [-0.3, -0.25) is 4.79 Å². The molecule has 74 valence electrons. The Hall–Kier alpha value is -1.35. The Balaban J connectivity index is 2.35. The summed E-state index contributed by atoms with van der Waals surface area (Å²) < 4.78 is 5.31. The molecular weight excluding hydrogens is 180 g/mol. The monoisotopic (exact) mass is 192 g/mol. The lowest BCUT2D eigenvalue weighted by Crippen LogP contribution is -2.14. The van der Waals surface area contributed by atoms with Crippen LogP contribution in [0, 0.1) is 0 Å². The maximum atomic E-state index is 10.6. The summed E-state index contributed by atoms with van der Waals surface area (Å²) in [6.07, 6.45) is 0.946. The Labute approximate surface area is 82.3 Å². The molecule has 1 N–H and O–H groups in total. The zero-order chi connectivity index (χ0) is 9.97. The minimum absolute atomic E-state index is 0.114. The summed E-state index contributed by atoms with van der Waals surface area (Å²) in [6, 6.07) is 5.78. The third-order valence-corrected chi connectivity index (χ3v) is 2.47. The average Bonchev–Trinajstić information content (AvgIpc) is 2.18. The number of carboxylic acids is 1. The maximum Gasteiger partial charge on any atom is 0.307 e. The minimum Gasteiger partial charge on any atom is -0.481 e. The summed E-state index contributed by atoms with van der Waals surface area (Å²) in [7, 11) is 0. The highest BCUT2D eigenvalue weighted by Gasteiger charge is 2.14. The average molecular weight is 192 g/mol. The number of fused-ring (bicyclic) bond motifs is 1. The van der Waals surface area contributed by atoms with E-state index in [9.17, 15) is 4.79 Å². The quantitative estimate of drug-likeness (QED) is 0.770. The fourth-order valence-electron chi connectivity index (χ4n) is 1.83. The lowest BCUT2D eigenvalue weighted by Gasteiger charge is -2.18. The van der Waals surface area contributed by atoms with Crippen molar-refractivity contribution in [1.29, 1.82) is 0 Å². The first kappa shape index (κ1) is 9.21. The number of hydrogen-bond donors (Lipinski definition) is 1. The van der Waals surface area contributed by atoms with Gasteiger partial charge in [-0.1, -0.05) is 18.2 Å². The van der Waals surface area contributed by atoms with Crippen LogP contribution in [0.4, 0.5) is 0 Å². The first-order valence-electron chi connectivity index (χ1n) is 4.66. The van der Waals surface area contributed by atoms with E-state index < -0.39 is 5.97 Å². The number of benzene rings is 1. The van der Waals surface area contributed by atoms with Gasteiger partial charge in [-0.05, 0) is 23.1 Å². The molecule has 0 radical (unpaired) electrons. The van der Waals surface area contributed by atoms with E-state index in [1.807, 2.05) is 18.2 Å². The fraction of sp³-hybridized carbons (Fsp3) is 0.364. The zero-order valence-electron chi connectivity index (χ0n) is 7.82. The second kappa shape index (κ2) is 3.80. The SMILES string of the molecule is O=C(O)Cc1cccc2c1CCOC2. The smallest absolute Gasteiger partial charge is 0.307 e. The molecule has 2 rings (SSSR count). The lowest BCUT2D eigenvalue weighted by atomic mass is 9.95. The molecule has 0 aromatic heterocycles. The van der Waals surface area contributed by atoms with Crippen LogP contribution < -0.4 is 0 Å². The van der Waals surface area contributed by atoms with Crippen molar-refractivity contribution in [3.05, 3.63) is 34.9 Å². The normalized spacial score (nSPS) is 14.9. The summed E-state index contributed by atoms with van der Waals surface area (Å²) in [5.74, 6) is -0.773. The number of carboxylic acid groups (broad SMARTS) is 1. The third kappa shape index (κ3) is 1.77. The minimum atomic E-state index is -0.773. The highest BCUT2D eigenvalue weighted by molar-refractivity contribution is 5.71. The van der Waals surface area contributed by atoms with Crippen LogP contribution in [-0.2, 0) is 29.0 Å². The molecule has 0 atom stereocenters. The molecule has 0 aliphatic carbocycles. The van der Waals surface area contributed by atoms with Crippen molar-refractivity contribution in [1.82, 2.24) is 0 Å². The van der Waals surface area contributed by atoms with Gasteiger partial charge in [0.1, 0.15) is 0 Å². The first-order chi connectivity index (χ1) is 6.77. The highest BCUT2D eigenvalue weighted by Crippen LogP contribution is 2.21. The van der Waals surface area contributed by atoms with E-state index in [0.29, 0.717) is 13.2 Å². The predicted octanol–water partition coefficient (Wildman–Crippen LogP) is 1.39. The molecule has 0 amide bonds. The molecular formula is C11H12O3. The van der Waals surface area contributed by atoms with E-state index in [0.717, 1.165) is 17.5 Å².